The van der Waals surface area contributed by atoms with Crippen molar-refractivity contribution >= 4 is 17.7 Å². The van der Waals surface area contributed by atoms with Crippen LogP contribution in [0.15, 0.2) is 24.3 Å². The molecule has 1 aromatic rings. The Hall–Kier alpha value is -2.91. The summed E-state index contributed by atoms with van der Waals surface area (Å²) in [6, 6.07) is 3.17. The number of benzene rings is 1. The minimum absolute atomic E-state index is 0.0338. The number of hydrogen-bond donors (Lipinski definition) is 3. The largest absolute Gasteiger partial charge is 0.504 e. The third kappa shape index (κ3) is 2.79. The number of nitrogens with zero attached hydrogens (tertiary/aromatic N) is 2. The van der Waals surface area contributed by atoms with Crippen molar-refractivity contribution in [2.45, 2.75) is 67.7 Å². The van der Waals surface area contributed by atoms with Crippen LogP contribution in [0.2, 0.25) is 0 Å². The zero-order valence-electron chi connectivity index (χ0n) is 19.4. The number of nitrogens with one attached hydrogen (secondary N) is 1. The van der Waals surface area contributed by atoms with Crippen molar-refractivity contribution in [3.63, 3.8) is 0 Å². The van der Waals surface area contributed by atoms with Gasteiger partial charge in [0.05, 0.1) is 17.1 Å². The van der Waals surface area contributed by atoms with E-state index in [0.29, 0.717) is 37.4 Å². The minimum atomic E-state index is -1.02. The quantitative estimate of drug-likeness (QED) is 0.522. The molecule has 0 aromatic heterocycles. The van der Waals surface area contributed by atoms with E-state index in [4.69, 9.17) is 4.74 Å². The summed E-state index contributed by atoms with van der Waals surface area (Å²) in [5.41, 5.74) is 0.251. The van der Waals surface area contributed by atoms with E-state index in [2.05, 4.69) is 10.2 Å². The number of phenols is 1. The highest BCUT2D eigenvalue weighted by Gasteiger charge is 2.73. The number of hydrogen-bond acceptors (Lipinski definition) is 7. The Morgan fingerprint density at radius 2 is 1.91 bits per heavy atom. The number of carbonyl (C=O) groups is 3. The highest BCUT2D eigenvalue weighted by atomic mass is 16.5. The van der Waals surface area contributed by atoms with Gasteiger partial charge in [-0.05, 0) is 62.6 Å². The molecule has 3 N–H and O–H groups in total. The van der Waals surface area contributed by atoms with Gasteiger partial charge in [-0.2, -0.15) is 0 Å². The van der Waals surface area contributed by atoms with E-state index < -0.39 is 40.9 Å². The van der Waals surface area contributed by atoms with Gasteiger partial charge in [0.2, 0.25) is 5.91 Å². The van der Waals surface area contributed by atoms with Crippen molar-refractivity contribution in [3.05, 3.63) is 35.4 Å². The number of likely N-dealkylation sites (tertiary alicyclic amines) is 1. The van der Waals surface area contributed by atoms with E-state index in [9.17, 15) is 24.6 Å². The average Bonchev–Trinajstić information content (AvgIpc) is 3.49. The molecule has 3 heterocycles. The van der Waals surface area contributed by atoms with Crippen LogP contribution in [0.1, 0.15) is 43.2 Å². The summed E-state index contributed by atoms with van der Waals surface area (Å²) >= 11 is 0. The molecular weight excluding hydrogens is 450 g/mol. The lowest BCUT2D eigenvalue weighted by atomic mass is 9.48. The number of ether oxygens (including phenoxy) is 1. The molecule has 2 bridgehead atoms. The summed E-state index contributed by atoms with van der Waals surface area (Å²) in [4.78, 5) is 40.1. The van der Waals surface area contributed by atoms with E-state index in [1.807, 2.05) is 6.07 Å². The maximum absolute atomic E-state index is 12.9. The first-order valence-corrected chi connectivity index (χ1v) is 12.6. The van der Waals surface area contributed by atoms with E-state index in [1.54, 1.807) is 6.07 Å². The van der Waals surface area contributed by atoms with Gasteiger partial charge in [-0.3, -0.25) is 24.2 Å². The summed E-state index contributed by atoms with van der Waals surface area (Å²) in [5, 5.41) is 26.1. The van der Waals surface area contributed by atoms with E-state index in [1.165, 1.54) is 12.8 Å². The fourth-order valence-electron chi connectivity index (χ4n) is 7.61. The van der Waals surface area contributed by atoms with Crippen LogP contribution >= 0.6 is 0 Å². The normalized spacial score (nSPS) is 36.8. The van der Waals surface area contributed by atoms with Crippen molar-refractivity contribution in [1.82, 2.24) is 15.1 Å². The topological polar surface area (TPSA) is 119 Å². The highest BCUT2D eigenvalue weighted by molar-refractivity contribution is 6.14. The SMILES string of the molecule is O=C(CN1C(=O)C=CC1=O)N[C@@H]1CCC2(O)C3Cc4ccc(O)c5c4C2(CCN3CC2CC2)C1O5. The van der Waals surface area contributed by atoms with Crippen molar-refractivity contribution in [2.75, 3.05) is 19.6 Å². The number of aromatic hydroxyl groups is 1. The molecule has 4 unspecified atom stereocenters. The molecule has 3 aliphatic carbocycles. The van der Waals surface area contributed by atoms with Crippen LogP contribution in [0.4, 0.5) is 0 Å². The molecule has 9 heteroatoms. The molecule has 9 nitrogen and oxygen atoms in total. The maximum atomic E-state index is 12.9. The third-order valence-electron chi connectivity index (χ3n) is 9.31. The average molecular weight is 480 g/mol. The van der Waals surface area contributed by atoms with Gasteiger partial charge in [0, 0.05) is 30.3 Å². The molecule has 1 saturated heterocycles. The molecule has 1 aromatic carbocycles. The number of amides is 3. The lowest BCUT2D eigenvalue weighted by Gasteiger charge is -2.64. The lowest BCUT2D eigenvalue weighted by Crippen LogP contribution is -2.78. The molecule has 7 rings (SSSR count). The van der Waals surface area contributed by atoms with Gasteiger partial charge in [-0.1, -0.05) is 6.07 Å². The second-order valence-corrected chi connectivity index (χ2v) is 11.1. The summed E-state index contributed by atoms with van der Waals surface area (Å²) in [6.07, 6.45) is 6.68. The van der Waals surface area contributed by atoms with Crippen LogP contribution in [-0.4, -0.2) is 81.2 Å². The first kappa shape index (κ1) is 21.4. The Morgan fingerprint density at radius 1 is 1.14 bits per heavy atom. The molecule has 184 valence electrons. The van der Waals surface area contributed by atoms with Crippen molar-refractivity contribution < 1.29 is 29.3 Å². The summed E-state index contributed by atoms with van der Waals surface area (Å²) in [7, 11) is 0. The van der Waals surface area contributed by atoms with Gasteiger partial charge in [0.15, 0.2) is 11.5 Å². The molecule has 2 saturated carbocycles. The number of imide groups is 1. The van der Waals surface area contributed by atoms with Gasteiger partial charge in [-0.25, -0.2) is 0 Å². The first-order chi connectivity index (χ1) is 16.8. The zero-order chi connectivity index (χ0) is 24.1. The first-order valence-electron chi connectivity index (χ1n) is 12.6. The highest BCUT2D eigenvalue weighted by Crippen LogP contribution is 2.65. The van der Waals surface area contributed by atoms with Gasteiger partial charge in [0.25, 0.3) is 11.8 Å². The van der Waals surface area contributed by atoms with Gasteiger partial charge in [-0.15, -0.1) is 0 Å². The number of phenolic OH excluding ortho intramolecular Hbond substituents is 1. The third-order valence-corrected chi connectivity index (χ3v) is 9.31. The molecule has 6 aliphatic rings. The van der Waals surface area contributed by atoms with Gasteiger partial charge in [0.1, 0.15) is 12.6 Å². The van der Waals surface area contributed by atoms with E-state index in [0.717, 1.165) is 41.3 Å². The number of carbonyl (C=O) groups excluding carboxylic acids is 3. The van der Waals surface area contributed by atoms with Crippen LogP contribution in [0.5, 0.6) is 11.5 Å². The Morgan fingerprint density at radius 3 is 2.66 bits per heavy atom. The Labute approximate surface area is 202 Å². The summed E-state index contributed by atoms with van der Waals surface area (Å²) in [5.74, 6) is -0.252. The number of rotatable bonds is 5. The van der Waals surface area contributed by atoms with Crippen LogP contribution < -0.4 is 10.1 Å². The van der Waals surface area contributed by atoms with E-state index >= 15 is 0 Å². The van der Waals surface area contributed by atoms with Crippen LogP contribution in [-0.2, 0) is 26.2 Å². The van der Waals surface area contributed by atoms with E-state index in [-0.39, 0.29) is 18.3 Å². The Bertz CT molecular complexity index is 1180. The second-order valence-electron chi connectivity index (χ2n) is 11.1. The van der Waals surface area contributed by atoms with Crippen molar-refractivity contribution in [1.29, 1.82) is 0 Å². The van der Waals surface area contributed by atoms with Crippen molar-refractivity contribution in [3.8, 4) is 11.5 Å². The molecule has 3 aliphatic heterocycles. The molecule has 5 atom stereocenters. The predicted octanol–water partition coefficient (Wildman–Crippen LogP) is 0.366. The molecule has 35 heavy (non-hydrogen) atoms. The van der Waals surface area contributed by atoms with Crippen LogP contribution in [0, 0.1) is 5.92 Å². The molecular formula is C26H29N3O6. The minimum Gasteiger partial charge on any atom is -0.504 e. The molecule has 3 amide bonds. The Balaban J connectivity index is 1.23. The predicted molar refractivity (Wildman–Crippen MR) is 123 cm³/mol. The van der Waals surface area contributed by atoms with Crippen LogP contribution in [0.3, 0.4) is 0 Å². The van der Waals surface area contributed by atoms with Crippen LogP contribution in [0.25, 0.3) is 0 Å². The Kier molecular flexibility index (Phi) is 4.32. The fraction of sp³-hybridized carbons (Fsp3) is 0.577. The molecule has 0 radical (unpaired) electrons. The van der Waals surface area contributed by atoms with Gasteiger partial charge < -0.3 is 20.3 Å². The lowest BCUT2D eigenvalue weighted by molar-refractivity contribution is -0.192. The zero-order valence-corrected chi connectivity index (χ0v) is 19.4. The summed E-state index contributed by atoms with van der Waals surface area (Å²) in [6.45, 7) is 1.48. The number of piperidine rings is 1. The standard InChI is InChI=1S/C26H29N3O6/c30-17-4-3-15-11-18-26(34)8-7-16(27-19(31)13-29-20(32)5-6-21(29)33)24-25(26,22(15)23(17)35-24)9-10-28(18)12-14-1-2-14/h3-6,14,16,18,24,30,34H,1-2,7-13H2,(H,27,31)/t16-,18?,24?,25?,26?/m1/s1. The number of aliphatic hydroxyl groups is 1. The molecule has 1 spiro atoms. The fourth-order valence-corrected chi connectivity index (χ4v) is 7.61. The maximum Gasteiger partial charge on any atom is 0.254 e. The molecule has 3 fully saturated rings. The van der Waals surface area contributed by atoms with Gasteiger partial charge >= 0.3 is 0 Å². The summed E-state index contributed by atoms with van der Waals surface area (Å²) < 4.78 is 6.43. The van der Waals surface area contributed by atoms with Crippen molar-refractivity contribution in [2.24, 2.45) is 5.92 Å². The monoisotopic (exact) mass is 479 g/mol. The smallest absolute Gasteiger partial charge is 0.254 e. The second kappa shape index (κ2) is 7.07.